The number of hydrogen-bond acceptors (Lipinski definition) is 7. The van der Waals surface area contributed by atoms with Crippen LogP contribution in [0.3, 0.4) is 0 Å². The van der Waals surface area contributed by atoms with Crippen LogP contribution in [0.25, 0.3) is 11.2 Å². The summed E-state index contributed by atoms with van der Waals surface area (Å²) in [6, 6.07) is 9.62. The third-order valence-corrected chi connectivity index (χ3v) is 4.28. The summed E-state index contributed by atoms with van der Waals surface area (Å²) in [7, 11) is 0. The summed E-state index contributed by atoms with van der Waals surface area (Å²) in [6.45, 7) is -0.0782. The van der Waals surface area contributed by atoms with Gasteiger partial charge in [0.1, 0.15) is 25.1 Å². The molecule has 0 bridgehead atoms. The van der Waals surface area contributed by atoms with Crippen molar-refractivity contribution in [3.05, 3.63) is 42.2 Å². The Morgan fingerprint density at radius 3 is 2.85 bits per heavy atom. The fraction of sp³-hybridized carbons (Fsp3) is 0.353. The van der Waals surface area contributed by atoms with E-state index in [2.05, 4.69) is 15.0 Å². The van der Waals surface area contributed by atoms with Crippen LogP contribution in [0.4, 0.5) is 10.3 Å². The number of anilines is 1. The molecule has 1 aliphatic heterocycles. The second-order valence-electron chi connectivity index (χ2n) is 6.05. The van der Waals surface area contributed by atoms with Crippen molar-refractivity contribution >= 4 is 17.1 Å². The predicted molar refractivity (Wildman–Crippen MR) is 91.0 cm³/mol. The van der Waals surface area contributed by atoms with Crippen LogP contribution in [-0.4, -0.2) is 43.5 Å². The summed E-state index contributed by atoms with van der Waals surface area (Å²) in [4.78, 5) is 12.6. The van der Waals surface area contributed by atoms with E-state index in [0.29, 0.717) is 17.8 Å². The number of hydrogen-bond donors (Lipinski definition) is 2. The van der Waals surface area contributed by atoms with Gasteiger partial charge in [0.2, 0.25) is 11.8 Å². The highest BCUT2D eigenvalue weighted by Crippen LogP contribution is 2.34. The van der Waals surface area contributed by atoms with Crippen LogP contribution in [0.5, 0.6) is 5.88 Å². The van der Waals surface area contributed by atoms with Gasteiger partial charge in [0.25, 0.3) is 0 Å². The van der Waals surface area contributed by atoms with Gasteiger partial charge in [-0.2, -0.15) is 9.97 Å². The van der Waals surface area contributed by atoms with E-state index in [1.807, 2.05) is 30.3 Å². The second-order valence-corrected chi connectivity index (χ2v) is 6.05. The maximum atomic E-state index is 13.9. The second kappa shape index (κ2) is 6.85. The number of alkyl halides is 1. The van der Waals surface area contributed by atoms with Gasteiger partial charge >= 0.3 is 0 Å². The molecule has 0 amide bonds. The molecule has 0 radical (unpaired) electrons. The summed E-state index contributed by atoms with van der Waals surface area (Å²) in [5, 5.41) is 9.18. The van der Waals surface area contributed by atoms with Crippen molar-refractivity contribution in [2.45, 2.75) is 31.5 Å². The van der Waals surface area contributed by atoms with Crippen LogP contribution < -0.4 is 10.5 Å². The fourth-order valence-electron chi connectivity index (χ4n) is 2.97. The molecule has 136 valence electrons. The molecule has 0 saturated carbocycles. The van der Waals surface area contributed by atoms with Crippen LogP contribution in [0.2, 0.25) is 0 Å². The van der Waals surface area contributed by atoms with E-state index in [4.69, 9.17) is 15.2 Å². The Balaban J connectivity index is 1.63. The Bertz CT molecular complexity index is 904. The number of aromatic nitrogens is 4. The minimum atomic E-state index is -1.25. The zero-order valence-electron chi connectivity index (χ0n) is 13.8. The van der Waals surface area contributed by atoms with Gasteiger partial charge in [0.05, 0.1) is 12.9 Å². The van der Waals surface area contributed by atoms with E-state index in [-0.39, 0.29) is 24.9 Å². The average molecular weight is 359 g/mol. The van der Waals surface area contributed by atoms with Crippen LogP contribution in [0, 0.1) is 0 Å². The van der Waals surface area contributed by atoms with Crippen molar-refractivity contribution < 1.29 is 19.0 Å². The van der Waals surface area contributed by atoms with Crippen molar-refractivity contribution in [1.29, 1.82) is 0 Å². The highest BCUT2D eigenvalue weighted by atomic mass is 19.1. The molecule has 4 rings (SSSR count). The smallest absolute Gasteiger partial charge is 0.247 e. The molecule has 9 heteroatoms. The number of benzene rings is 1. The third-order valence-electron chi connectivity index (χ3n) is 4.28. The number of ether oxygens (including phenoxy) is 2. The Morgan fingerprint density at radius 1 is 1.31 bits per heavy atom. The first-order chi connectivity index (χ1) is 12.7. The third kappa shape index (κ3) is 3.06. The summed E-state index contributed by atoms with van der Waals surface area (Å²) < 4.78 is 26.8. The summed E-state index contributed by atoms with van der Waals surface area (Å²) in [5.74, 6) is 0.277. The first kappa shape index (κ1) is 16.7. The molecular weight excluding hydrogens is 341 g/mol. The van der Waals surface area contributed by atoms with E-state index >= 15 is 0 Å². The van der Waals surface area contributed by atoms with Gasteiger partial charge in [-0.1, -0.05) is 30.3 Å². The van der Waals surface area contributed by atoms with E-state index < -0.39 is 18.5 Å². The van der Waals surface area contributed by atoms with Gasteiger partial charge < -0.3 is 20.3 Å². The van der Waals surface area contributed by atoms with Crippen molar-refractivity contribution in [2.24, 2.45) is 0 Å². The summed E-state index contributed by atoms with van der Waals surface area (Å²) >= 11 is 0. The molecule has 0 aliphatic carbocycles. The van der Waals surface area contributed by atoms with Crippen LogP contribution in [0.15, 0.2) is 36.7 Å². The van der Waals surface area contributed by atoms with E-state index in [1.165, 1.54) is 6.33 Å². The van der Waals surface area contributed by atoms with E-state index in [1.54, 1.807) is 4.57 Å². The largest absolute Gasteiger partial charge is 0.471 e. The number of halogens is 1. The molecule has 26 heavy (non-hydrogen) atoms. The lowest BCUT2D eigenvalue weighted by Gasteiger charge is -2.13. The highest BCUT2D eigenvalue weighted by Gasteiger charge is 2.37. The fourth-order valence-corrected chi connectivity index (χ4v) is 2.97. The molecule has 1 saturated heterocycles. The lowest BCUT2D eigenvalue weighted by Crippen LogP contribution is -2.21. The quantitative estimate of drug-likeness (QED) is 0.712. The molecule has 3 aromatic rings. The molecule has 1 aromatic carbocycles. The van der Waals surface area contributed by atoms with E-state index in [0.717, 1.165) is 5.56 Å². The molecule has 3 unspecified atom stereocenters. The molecule has 3 heterocycles. The predicted octanol–water partition coefficient (Wildman–Crippen LogP) is 1.61. The average Bonchev–Trinajstić information content (AvgIpc) is 3.23. The molecule has 8 nitrogen and oxygen atoms in total. The Morgan fingerprint density at radius 2 is 2.12 bits per heavy atom. The number of rotatable bonds is 5. The first-order valence-electron chi connectivity index (χ1n) is 8.23. The van der Waals surface area contributed by atoms with Gasteiger partial charge in [0.15, 0.2) is 11.2 Å². The molecule has 3 atom stereocenters. The number of nitrogens with zero attached hydrogens (tertiary/aromatic N) is 4. The molecule has 1 fully saturated rings. The van der Waals surface area contributed by atoms with Crippen molar-refractivity contribution in [3.63, 3.8) is 0 Å². The summed E-state index contributed by atoms with van der Waals surface area (Å²) in [5.41, 5.74) is 7.59. The number of aliphatic hydroxyl groups excluding tert-OH is 1. The van der Waals surface area contributed by atoms with E-state index in [9.17, 15) is 9.50 Å². The van der Waals surface area contributed by atoms with Crippen molar-refractivity contribution in [2.75, 3.05) is 12.3 Å². The van der Waals surface area contributed by atoms with Crippen LogP contribution in [0.1, 0.15) is 18.2 Å². The number of fused-ring (bicyclic) bond motifs is 1. The van der Waals surface area contributed by atoms with Gasteiger partial charge in [-0.25, -0.2) is 9.37 Å². The standard InChI is InChI=1S/C17H18FN5O3/c18-11-6-13(26-12(11)7-24)23-9-20-14-15(23)21-17(19)22-16(14)25-8-10-4-2-1-3-5-10/h1-5,9,11-13,24H,6-8H2,(H2,19,21,22). The molecule has 1 aliphatic rings. The van der Waals surface area contributed by atoms with Crippen molar-refractivity contribution in [1.82, 2.24) is 19.5 Å². The molecule has 0 spiro atoms. The van der Waals surface area contributed by atoms with Gasteiger partial charge in [-0.3, -0.25) is 4.57 Å². The monoisotopic (exact) mass is 359 g/mol. The minimum Gasteiger partial charge on any atom is -0.471 e. The zero-order chi connectivity index (χ0) is 18.1. The minimum absolute atomic E-state index is 0.0239. The Labute approximate surface area is 148 Å². The first-order valence-corrected chi connectivity index (χ1v) is 8.23. The van der Waals surface area contributed by atoms with Gasteiger partial charge in [-0.05, 0) is 5.56 Å². The zero-order valence-corrected chi connectivity index (χ0v) is 13.8. The Hall–Kier alpha value is -2.78. The number of nitrogens with two attached hydrogens (primary N) is 1. The molecule has 2 aromatic heterocycles. The number of nitrogen functional groups attached to an aromatic ring is 1. The lowest BCUT2D eigenvalue weighted by molar-refractivity contribution is -0.0323. The number of imidazole rings is 1. The SMILES string of the molecule is Nc1nc(OCc2ccccc2)c2ncn(C3CC(F)C(CO)O3)c2n1. The topological polar surface area (TPSA) is 108 Å². The normalized spacial score (nSPS) is 22.8. The van der Waals surface area contributed by atoms with Crippen molar-refractivity contribution in [3.8, 4) is 5.88 Å². The Kier molecular flexibility index (Phi) is 4.39. The lowest BCUT2D eigenvalue weighted by atomic mass is 10.2. The summed E-state index contributed by atoms with van der Waals surface area (Å²) in [6.07, 6.45) is -1.14. The number of aliphatic hydroxyl groups is 1. The van der Waals surface area contributed by atoms with Gasteiger partial charge in [-0.15, -0.1) is 0 Å². The van der Waals surface area contributed by atoms with Crippen LogP contribution >= 0.6 is 0 Å². The van der Waals surface area contributed by atoms with Gasteiger partial charge in [0, 0.05) is 6.42 Å². The maximum absolute atomic E-state index is 13.9. The molecule has 3 N–H and O–H groups in total. The molecular formula is C17H18FN5O3. The highest BCUT2D eigenvalue weighted by molar-refractivity contribution is 5.77. The maximum Gasteiger partial charge on any atom is 0.247 e. The van der Waals surface area contributed by atoms with Crippen LogP contribution in [-0.2, 0) is 11.3 Å².